The fourth-order valence-corrected chi connectivity index (χ4v) is 4.21. The molecule has 0 radical (unpaired) electrons. The van der Waals surface area contributed by atoms with Crippen LogP contribution in [-0.4, -0.2) is 38.0 Å². The lowest BCUT2D eigenvalue weighted by atomic mass is 10.1. The van der Waals surface area contributed by atoms with Crippen molar-refractivity contribution in [3.63, 3.8) is 0 Å². The number of hydrogen-bond acceptors (Lipinski definition) is 4. The Labute approximate surface area is 166 Å². The van der Waals surface area contributed by atoms with Gasteiger partial charge in [-0.05, 0) is 55.7 Å². The molecule has 0 spiro atoms. The highest BCUT2D eigenvalue weighted by molar-refractivity contribution is 7.99. The fourth-order valence-electron chi connectivity index (χ4n) is 2.41. The Bertz CT molecular complexity index is 925. The molecule has 2 aromatic rings. The Balaban J connectivity index is 2.02. The van der Waals surface area contributed by atoms with Gasteiger partial charge < -0.3 is 5.32 Å². The van der Waals surface area contributed by atoms with Crippen molar-refractivity contribution in [2.45, 2.75) is 36.7 Å². The number of hydrogen-bond donors (Lipinski definition) is 1. The van der Waals surface area contributed by atoms with E-state index in [0.29, 0.717) is 5.75 Å². The number of carbonyl (C=O) groups is 1. The highest BCUT2D eigenvalue weighted by atomic mass is 32.2. The SMILES string of the molecule is Cc1ccc(C)c(NC(=O)C(C)SCc2cccc(S(=O)(=O)N(C)C)c2)c1. The van der Waals surface area contributed by atoms with Crippen molar-refractivity contribution >= 4 is 33.4 Å². The topological polar surface area (TPSA) is 66.5 Å². The van der Waals surface area contributed by atoms with Gasteiger partial charge in [0.2, 0.25) is 15.9 Å². The number of thioether (sulfide) groups is 1. The van der Waals surface area contributed by atoms with Crippen LogP contribution < -0.4 is 5.32 Å². The van der Waals surface area contributed by atoms with Crippen molar-refractivity contribution in [3.05, 3.63) is 59.2 Å². The summed E-state index contributed by atoms with van der Waals surface area (Å²) in [5.74, 6) is 0.490. The van der Waals surface area contributed by atoms with Crippen LogP contribution in [0.4, 0.5) is 5.69 Å². The molecule has 27 heavy (non-hydrogen) atoms. The molecule has 2 rings (SSSR count). The van der Waals surface area contributed by atoms with Gasteiger partial charge in [0, 0.05) is 25.5 Å². The second kappa shape index (κ2) is 8.91. The third kappa shape index (κ3) is 5.57. The van der Waals surface area contributed by atoms with E-state index < -0.39 is 10.0 Å². The Kier molecular flexibility index (Phi) is 7.08. The average molecular weight is 407 g/mol. The predicted molar refractivity (Wildman–Crippen MR) is 113 cm³/mol. The first-order valence-electron chi connectivity index (χ1n) is 8.62. The van der Waals surface area contributed by atoms with Crippen LogP contribution in [0, 0.1) is 13.8 Å². The minimum absolute atomic E-state index is 0.0641. The van der Waals surface area contributed by atoms with E-state index in [9.17, 15) is 13.2 Å². The maximum absolute atomic E-state index is 12.5. The monoisotopic (exact) mass is 406 g/mol. The first-order valence-corrected chi connectivity index (χ1v) is 11.1. The van der Waals surface area contributed by atoms with E-state index in [1.54, 1.807) is 18.2 Å². The molecule has 1 amide bonds. The van der Waals surface area contributed by atoms with Gasteiger partial charge in [-0.3, -0.25) is 4.79 Å². The smallest absolute Gasteiger partial charge is 0.242 e. The molecule has 0 aliphatic heterocycles. The van der Waals surface area contributed by atoms with Gasteiger partial charge >= 0.3 is 0 Å². The number of benzene rings is 2. The second-order valence-electron chi connectivity index (χ2n) is 6.70. The van der Waals surface area contributed by atoms with Gasteiger partial charge in [0.15, 0.2) is 0 Å². The second-order valence-corrected chi connectivity index (χ2v) is 10.2. The Hall–Kier alpha value is -1.83. The van der Waals surface area contributed by atoms with Crippen LogP contribution in [0.2, 0.25) is 0 Å². The number of nitrogens with zero attached hydrogens (tertiary/aromatic N) is 1. The molecular weight excluding hydrogens is 380 g/mol. The Morgan fingerprint density at radius 1 is 1.15 bits per heavy atom. The summed E-state index contributed by atoms with van der Waals surface area (Å²) in [7, 11) is -0.438. The number of carbonyl (C=O) groups excluding carboxylic acids is 1. The Morgan fingerprint density at radius 2 is 1.85 bits per heavy atom. The first-order chi connectivity index (χ1) is 12.6. The van der Waals surface area contributed by atoms with Crippen LogP contribution in [0.1, 0.15) is 23.6 Å². The lowest BCUT2D eigenvalue weighted by Crippen LogP contribution is -2.23. The third-order valence-electron chi connectivity index (χ3n) is 4.20. The summed E-state index contributed by atoms with van der Waals surface area (Å²) in [5, 5.41) is 2.71. The quantitative estimate of drug-likeness (QED) is 0.759. The number of amides is 1. The molecule has 7 heteroatoms. The van der Waals surface area contributed by atoms with Gasteiger partial charge in [0.25, 0.3) is 0 Å². The molecule has 1 atom stereocenters. The molecule has 0 aliphatic rings. The molecule has 1 N–H and O–H groups in total. The van der Waals surface area contributed by atoms with Gasteiger partial charge in [-0.2, -0.15) is 0 Å². The van der Waals surface area contributed by atoms with E-state index >= 15 is 0 Å². The minimum Gasteiger partial charge on any atom is -0.325 e. The van der Waals surface area contributed by atoms with Gasteiger partial charge in [0.1, 0.15) is 0 Å². The number of aryl methyl sites for hydroxylation is 2. The molecule has 146 valence electrons. The summed E-state index contributed by atoms with van der Waals surface area (Å²) >= 11 is 1.47. The lowest BCUT2D eigenvalue weighted by molar-refractivity contribution is -0.115. The van der Waals surface area contributed by atoms with Crippen LogP contribution in [0.15, 0.2) is 47.4 Å². The highest BCUT2D eigenvalue weighted by Gasteiger charge is 2.18. The zero-order valence-corrected chi connectivity index (χ0v) is 17.9. The normalized spacial score (nSPS) is 12.8. The van der Waals surface area contributed by atoms with Crippen molar-refractivity contribution in [2.24, 2.45) is 0 Å². The van der Waals surface area contributed by atoms with Crippen molar-refractivity contribution in [1.29, 1.82) is 0 Å². The molecule has 0 aliphatic carbocycles. The van der Waals surface area contributed by atoms with E-state index in [1.165, 1.54) is 30.2 Å². The highest BCUT2D eigenvalue weighted by Crippen LogP contribution is 2.23. The third-order valence-corrected chi connectivity index (χ3v) is 7.22. The summed E-state index contributed by atoms with van der Waals surface area (Å²) in [5.41, 5.74) is 3.81. The van der Waals surface area contributed by atoms with Gasteiger partial charge in [-0.1, -0.05) is 24.3 Å². The summed E-state index contributed by atoms with van der Waals surface area (Å²) in [6, 6.07) is 12.8. The maximum atomic E-state index is 12.5. The van der Waals surface area contributed by atoms with Crippen LogP contribution in [0.5, 0.6) is 0 Å². The molecule has 0 fully saturated rings. The van der Waals surface area contributed by atoms with Gasteiger partial charge in [-0.15, -0.1) is 11.8 Å². The van der Waals surface area contributed by atoms with Gasteiger partial charge in [0.05, 0.1) is 10.1 Å². The molecule has 1 unspecified atom stereocenters. The summed E-state index contributed by atoms with van der Waals surface area (Å²) in [6.07, 6.45) is 0. The van der Waals surface area contributed by atoms with Crippen molar-refractivity contribution in [3.8, 4) is 0 Å². The molecular formula is C20H26N2O3S2. The number of anilines is 1. The standard InChI is InChI=1S/C20H26N2O3S2/c1-14-9-10-15(2)19(11-14)21-20(23)16(3)26-13-17-7-6-8-18(12-17)27(24,25)22(4)5/h6-12,16H,13H2,1-5H3,(H,21,23). The first kappa shape index (κ1) is 21.5. The zero-order chi connectivity index (χ0) is 20.2. The average Bonchev–Trinajstić information content (AvgIpc) is 2.62. The summed E-state index contributed by atoms with van der Waals surface area (Å²) < 4.78 is 25.7. The number of sulfonamides is 1. The van der Waals surface area contributed by atoms with Crippen molar-refractivity contribution in [2.75, 3.05) is 19.4 Å². The van der Waals surface area contributed by atoms with E-state index in [4.69, 9.17) is 0 Å². The summed E-state index contributed by atoms with van der Waals surface area (Å²) in [6.45, 7) is 5.80. The number of rotatable bonds is 7. The van der Waals surface area contributed by atoms with Crippen molar-refractivity contribution in [1.82, 2.24) is 4.31 Å². The minimum atomic E-state index is -3.46. The van der Waals surface area contributed by atoms with E-state index in [0.717, 1.165) is 22.4 Å². The molecule has 0 bridgehead atoms. The molecule has 0 saturated heterocycles. The Morgan fingerprint density at radius 3 is 2.52 bits per heavy atom. The summed E-state index contributed by atoms with van der Waals surface area (Å²) in [4.78, 5) is 12.7. The van der Waals surface area contributed by atoms with E-state index in [2.05, 4.69) is 5.32 Å². The van der Waals surface area contributed by atoms with Crippen LogP contribution >= 0.6 is 11.8 Å². The van der Waals surface area contributed by atoms with E-state index in [-0.39, 0.29) is 16.1 Å². The molecule has 2 aromatic carbocycles. The molecule has 0 aromatic heterocycles. The zero-order valence-electron chi connectivity index (χ0n) is 16.3. The molecule has 0 heterocycles. The van der Waals surface area contributed by atoms with Crippen LogP contribution in [0.3, 0.4) is 0 Å². The number of nitrogens with one attached hydrogen (secondary N) is 1. The van der Waals surface area contributed by atoms with Crippen LogP contribution in [0.25, 0.3) is 0 Å². The molecule has 5 nitrogen and oxygen atoms in total. The molecule has 0 saturated carbocycles. The van der Waals surface area contributed by atoms with Crippen molar-refractivity contribution < 1.29 is 13.2 Å². The maximum Gasteiger partial charge on any atom is 0.242 e. The van der Waals surface area contributed by atoms with Crippen LogP contribution in [-0.2, 0) is 20.6 Å². The lowest BCUT2D eigenvalue weighted by Gasteiger charge is -2.15. The largest absolute Gasteiger partial charge is 0.325 e. The predicted octanol–water partition coefficient (Wildman–Crippen LogP) is 3.81. The fraction of sp³-hybridized carbons (Fsp3) is 0.350. The van der Waals surface area contributed by atoms with Gasteiger partial charge in [-0.25, -0.2) is 12.7 Å². The van der Waals surface area contributed by atoms with E-state index in [1.807, 2.05) is 45.0 Å².